The molecule has 1 aromatic heterocycles. The zero-order valence-corrected chi connectivity index (χ0v) is 15.8. The van der Waals surface area contributed by atoms with Crippen molar-refractivity contribution in [2.45, 2.75) is 0 Å². The Morgan fingerprint density at radius 2 is 1.81 bits per heavy atom. The fourth-order valence-electron chi connectivity index (χ4n) is 2.38. The van der Waals surface area contributed by atoms with Crippen LogP contribution in [0.4, 0.5) is 11.4 Å². The number of hydrogen-bond acceptors (Lipinski definition) is 5. The van der Waals surface area contributed by atoms with E-state index in [0.29, 0.717) is 11.4 Å². The molecule has 6 nitrogen and oxygen atoms in total. The van der Waals surface area contributed by atoms with E-state index in [4.69, 9.17) is 0 Å². The number of thiazole rings is 1. The average Bonchev–Trinajstić information content (AvgIpc) is 3.15. The molecule has 0 saturated carbocycles. The van der Waals surface area contributed by atoms with Gasteiger partial charge in [0.25, 0.3) is 5.91 Å². The first kappa shape index (κ1) is 18.1. The topological polar surface area (TPSA) is 79.4 Å². The highest BCUT2D eigenvalue weighted by atomic mass is 32.2. The van der Waals surface area contributed by atoms with Crippen LogP contribution in [0.15, 0.2) is 60.1 Å². The van der Waals surface area contributed by atoms with Gasteiger partial charge in [-0.15, -0.1) is 11.3 Å². The van der Waals surface area contributed by atoms with E-state index in [1.165, 1.54) is 18.4 Å². The molecule has 1 amide bonds. The molecule has 0 saturated heterocycles. The van der Waals surface area contributed by atoms with Crippen LogP contribution < -0.4 is 9.62 Å². The van der Waals surface area contributed by atoms with Gasteiger partial charge in [0.05, 0.1) is 17.5 Å². The fourth-order valence-corrected chi connectivity index (χ4v) is 3.54. The summed E-state index contributed by atoms with van der Waals surface area (Å²) in [5.41, 5.74) is 2.19. The molecule has 1 N–H and O–H groups in total. The van der Waals surface area contributed by atoms with E-state index in [1.54, 1.807) is 42.6 Å². The van der Waals surface area contributed by atoms with Crippen LogP contribution in [-0.2, 0) is 10.0 Å². The van der Waals surface area contributed by atoms with E-state index in [9.17, 15) is 13.2 Å². The third-order valence-corrected chi connectivity index (χ3v) is 5.82. The molecule has 0 aliphatic carbocycles. The highest BCUT2D eigenvalue weighted by Crippen LogP contribution is 2.25. The molecular weight excluding hydrogens is 370 g/mol. The maximum atomic E-state index is 12.6. The molecular formula is C18H17N3O3S2. The number of para-hydroxylation sites is 1. The summed E-state index contributed by atoms with van der Waals surface area (Å²) in [6.45, 7) is 0. The van der Waals surface area contributed by atoms with Crippen LogP contribution >= 0.6 is 11.3 Å². The van der Waals surface area contributed by atoms with Crippen molar-refractivity contribution in [1.82, 2.24) is 4.98 Å². The Bertz CT molecular complexity index is 1010. The van der Waals surface area contributed by atoms with E-state index in [1.807, 2.05) is 17.5 Å². The van der Waals surface area contributed by atoms with Gasteiger partial charge in [0.2, 0.25) is 10.0 Å². The van der Waals surface area contributed by atoms with Crippen molar-refractivity contribution in [3.63, 3.8) is 0 Å². The van der Waals surface area contributed by atoms with Gasteiger partial charge in [0.15, 0.2) is 0 Å². The largest absolute Gasteiger partial charge is 0.322 e. The van der Waals surface area contributed by atoms with Crippen molar-refractivity contribution >= 4 is 38.6 Å². The molecule has 26 heavy (non-hydrogen) atoms. The summed E-state index contributed by atoms with van der Waals surface area (Å²) in [4.78, 5) is 16.9. The predicted molar refractivity (Wildman–Crippen MR) is 105 cm³/mol. The summed E-state index contributed by atoms with van der Waals surface area (Å²) in [7, 11) is -2.05. The molecule has 0 radical (unpaired) electrons. The molecule has 0 aliphatic rings. The Labute approximate surface area is 156 Å². The number of nitrogens with one attached hydrogen (secondary N) is 1. The van der Waals surface area contributed by atoms with Crippen molar-refractivity contribution < 1.29 is 13.2 Å². The van der Waals surface area contributed by atoms with E-state index in [-0.39, 0.29) is 11.5 Å². The van der Waals surface area contributed by atoms with Gasteiger partial charge in [-0.2, -0.15) is 0 Å². The first-order chi connectivity index (χ1) is 12.4. The lowest BCUT2D eigenvalue weighted by atomic mass is 10.1. The van der Waals surface area contributed by atoms with Gasteiger partial charge < -0.3 is 5.32 Å². The first-order valence-electron chi connectivity index (χ1n) is 7.70. The Hall–Kier alpha value is -2.71. The predicted octanol–water partition coefficient (Wildman–Crippen LogP) is 3.46. The van der Waals surface area contributed by atoms with Gasteiger partial charge in [0.1, 0.15) is 5.01 Å². The summed E-state index contributed by atoms with van der Waals surface area (Å²) in [6, 6.07) is 13.9. The lowest BCUT2D eigenvalue weighted by Crippen LogP contribution is -2.27. The van der Waals surface area contributed by atoms with E-state index >= 15 is 0 Å². The standard InChI is InChI=1S/C18H17N3O3S2/c1-21(26(2,23)24)16-6-4-3-5-15(16)17(22)20-14-9-7-13(8-10-14)18-19-11-12-25-18/h3-12H,1-2H3,(H,20,22). The minimum Gasteiger partial charge on any atom is -0.322 e. The number of anilines is 2. The number of aromatic nitrogens is 1. The van der Waals surface area contributed by atoms with Gasteiger partial charge >= 0.3 is 0 Å². The van der Waals surface area contributed by atoms with Gasteiger partial charge in [0, 0.05) is 29.9 Å². The number of sulfonamides is 1. The molecule has 0 bridgehead atoms. The average molecular weight is 387 g/mol. The van der Waals surface area contributed by atoms with Crippen LogP contribution in [0.2, 0.25) is 0 Å². The number of carbonyl (C=O) groups is 1. The molecule has 0 spiro atoms. The van der Waals surface area contributed by atoms with Crippen LogP contribution in [0.5, 0.6) is 0 Å². The van der Waals surface area contributed by atoms with E-state index in [2.05, 4.69) is 10.3 Å². The third kappa shape index (κ3) is 3.92. The Kier molecular flexibility index (Phi) is 5.06. The van der Waals surface area contributed by atoms with Crippen LogP contribution in [0.25, 0.3) is 10.6 Å². The van der Waals surface area contributed by atoms with Crippen LogP contribution in [-0.4, -0.2) is 32.6 Å². The first-order valence-corrected chi connectivity index (χ1v) is 10.4. The molecule has 0 unspecified atom stereocenters. The molecule has 0 aliphatic heterocycles. The second-order valence-corrected chi connectivity index (χ2v) is 8.52. The SMILES string of the molecule is CN(c1ccccc1C(=O)Nc1ccc(-c2nccs2)cc1)S(C)(=O)=O. The number of nitrogens with zero attached hydrogens (tertiary/aromatic N) is 2. The molecule has 8 heteroatoms. The third-order valence-electron chi connectivity index (χ3n) is 3.81. The number of benzene rings is 2. The van der Waals surface area contributed by atoms with Gasteiger partial charge in [-0.25, -0.2) is 13.4 Å². The Morgan fingerprint density at radius 3 is 2.42 bits per heavy atom. The lowest BCUT2D eigenvalue weighted by Gasteiger charge is -2.19. The second kappa shape index (κ2) is 7.27. The quantitative estimate of drug-likeness (QED) is 0.727. The number of carbonyl (C=O) groups excluding carboxylic acids is 1. The highest BCUT2D eigenvalue weighted by Gasteiger charge is 2.19. The summed E-state index contributed by atoms with van der Waals surface area (Å²) < 4.78 is 24.7. The Morgan fingerprint density at radius 1 is 1.12 bits per heavy atom. The minimum atomic E-state index is -3.47. The zero-order chi connectivity index (χ0) is 18.7. The van der Waals surface area contributed by atoms with Crippen molar-refractivity contribution in [2.75, 3.05) is 22.9 Å². The normalized spacial score (nSPS) is 11.2. The van der Waals surface area contributed by atoms with E-state index in [0.717, 1.165) is 21.1 Å². The minimum absolute atomic E-state index is 0.282. The van der Waals surface area contributed by atoms with Crippen molar-refractivity contribution in [3.05, 3.63) is 65.7 Å². The summed E-state index contributed by atoms with van der Waals surface area (Å²) in [5, 5.41) is 5.61. The zero-order valence-electron chi connectivity index (χ0n) is 14.2. The number of rotatable bonds is 5. The molecule has 0 fully saturated rings. The van der Waals surface area contributed by atoms with Crippen LogP contribution in [0.1, 0.15) is 10.4 Å². The lowest BCUT2D eigenvalue weighted by molar-refractivity contribution is 0.102. The second-order valence-electron chi connectivity index (χ2n) is 5.62. The van der Waals surface area contributed by atoms with Crippen molar-refractivity contribution in [1.29, 1.82) is 0 Å². The molecule has 134 valence electrons. The fraction of sp³-hybridized carbons (Fsp3) is 0.111. The maximum absolute atomic E-state index is 12.6. The molecule has 1 heterocycles. The van der Waals surface area contributed by atoms with Crippen molar-refractivity contribution in [3.8, 4) is 10.6 Å². The molecule has 3 aromatic rings. The number of amides is 1. The number of hydrogen-bond donors (Lipinski definition) is 1. The smallest absolute Gasteiger partial charge is 0.257 e. The van der Waals surface area contributed by atoms with Gasteiger partial charge in [-0.3, -0.25) is 9.10 Å². The van der Waals surface area contributed by atoms with Crippen molar-refractivity contribution in [2.24, 2.45) is 0 Å². The highest BCUT2D eigenvalue weighted by molar-refractivity contribution is 7.92. The summed E-state index contributed by atoms with van der Waals surface area (Å²) in [5.74, 6) is -0.377. The molecule has 2 aromatic carbocycles. The monoisotopic (exact) mass is 387 g/mol. The molecule has 0 atom stereocenters. The van der Waals surface area contributed by atoms with Gasteiger partial charge in [-0.05, 0) is 36.4 Å². The van der Waals surface area contributed by atoms with Crippen LogP contribution in [0.3, 0.4) is 0 Å². The molecule has 3 rings (SSSR count). The summed E-state index contributed by atoms with van der Waals surface area (Å²) in [6.07, 6.45) is 2.84. The van der Waals surface area contributed by atoms with Crippen LogP contribution in [0, 0.1) is 0 Å². The summed E-state index contributed by atoms with van der Waals surface area (Å²) >= 11 is 1.54. The van der Waals surface area contributed by atoms with Gasteiger partial charge in [-0.1, -0.05) is 12.1 Å². The van der Waals surface area contributed by atoms with E-state index < -0.39 is 10.0 Å². The maximum Gasteiger partial charge on any atom is 0.257 e. The Balaban J connectivity index is 1.83.